The Hall–Kier alpha value is -2.20. The molecule has 35 heavy (non-hydrogen) atoms. The number of anilines is 1. The summed E-state index contributed by atoms with van der Waals surface area (Å²) in [7, 11) is -2.51. The van der Waals surface area contributed by atoms with Crippen molar-refractivity contribution in [1.29, 1.82) is 0 Å². The molecule has 3 rings (SSSR count). The number of amides is 1. The highest BCUT2D eigenvalue weighted by molar-refractivity contribution is 9.10. The molecule has 0 fully saturated rings. The second-order valence-electron chi connectivity index (χ2n) is 7.68. The zero-order valence-corrected chi connectivity index (χ0v) is 23.3. The van der Waals surface area contributed by atoms with Gasteiger partial charge in [0.1, 0.15) is 12.3 Å². The molecule has 0 aliphatic heterocycles. The maximum Gasteiger partial charge on any atom is 0.264 e. The Balaban J connectivity index is 1.68. The van der Waals surface area contributed by atoms with E-state index in [9.17, 15) is 13.2 Å². The highest BCUT2D eigenvalue weighted by atomic mass is 79.9. The van der Waals surface area contributed by atoms with Gasteiger partial charge in [0.25, 0.3) is 10.0 Å². The van der Waals surface area contributed by atoms with Crippen LogP contribution in [0.2, 0.25) is 5.02 Å². The average molecular weight is 598 g/mol. The predicted octanol–water partition coefficient (Wildman–Crippen LogP) is 5.66. The molecule has 6 nitrogen and oxygen atoms in total. The second-order valence-corrected chi connectivity index (χ2v) is 11.9. The van der Waals surface area contributed by atoms with Gasteiger partial charge in [-0.1, -0.05) is 41.4 Å². The van der Waals surface area contributed by atoms with Crippen molar-refractivity contribution >= 4 is 60.9 Å². The Labute approximate surface area is 224 Å². The van der Waals surface area contributed by atoms with Crippen LogP contribution in [0.4, 0.5) is 5.69 Å². The van der Waals surface area contributed by atoms with Crippen LogP contribution in [-0.4, -0.2) is 40.3 Å². The first-order valence-electron chi connectivity index (χ1n) is 10.7. The largest absolute Gasteiger partial charge is 0.496 e. The van der Waals surface area contributed by atoms with Crippen molar-refractivity contribution in [3.8, 4) is 5.75 Å². The molecule has 0 aromatic heterocycles. The fourth-order valence-corrected chi connectivity index (χ4v) is 6.39. The summed E-state index contributed by atoms with van der Waals surface area (Å²) in [5.41, 5.74) is 2.50. The van der Waals surface area contributed by atoms with Crippen LogP contribution in [0.3, 0.4) is 0 Å². The predicted molar refractivity (Wildman–Crippen MR) is 147 cm³/mol. The van der Waals surface area contributed by atoms with E-state index in [0.29, 0.717) is 33.2 Å². The van der Waals surface area contributed by atoms with E-state index in [1.807, 2.05) is 43.3 Å². The number of hydrogen-bond acceptors (Lipinski definition) is 5. The molecule has 0 saturated heterocycles. The lowest BCUT2D eigenvalue weighted by molar-refractivity contribution is -0.119. The van der Waals surface area contributed by atoms with Gasteiger partial charge in [0.2, 0.25) is 5.91 Å². The molecule has 0 aliphatic carbocycles. The Bertz CT molecular complexity index is 1270. The van der Waals surface area contributed by atoms with Crippen molar-refractivity contribution in [3.63, 3.8) is 0 Å². The fraction of sp³-hybridized carbons (Fsp3) is 0.240. The summed E-state index contributed by atoms with van der Waals surface area (Å²) in [4.78, 5) is 12.8. The molecule has 0 aliphatic rings. The van der Waals surface area contributed by atoms with Gasteiger partial charge in [-0.05, 0) is 70.9 Å². The van der Waals surface area contributed by atoms with Gasteiger partial charge in [0.15, 0.2) is 0 Å². The molecule has 1 amide bonds. The summed E-state index contributed by atoms with van der Waals surface area (Å²) in [6.07, 6.45) is 0. The number of methoxy groups -OCH3 is 1. The smallest absolute Gasteiger partial charge is 0.264 e. The highest BCUT2D eigenvalue weighted by Gasteiger charge is 2.28. The third-order valence-corrected chi connectivity index (χ3v) is 8.70. The third kappa shape index (κ3) is 7.64. The van der Waals surface area contributed by atoms with Gasteiger partial charge in [0, 0.05) is 23.1 Å². The first-order valence-corrected chi connectivity index (χ1v) is 14.5. The van der Waals surface area contributed by atoms with Gasteiger partial charge < -0.3 is 10.1 Å². The van der Waals surface area contributed by atoms with Crippen molar-refractivity contribution in [3.05, 3.63) is 87.4 Å². The molecule has 10 heteroatoms. The summed E-state index contributed by atoms with van der Waals surface area (Å²) < 4.78 is 33.9. The Morgan fingerprint density at radius 3 is 2.51 bits per heavy atom. The van der Waals surface area contributed by atoms with Gasteiger partial charge in [-0.3, -0.25) is 9.10 Å². The van der Waals surface area contributed by atoms with E-state index >= 15 is 0 Å². The Morgan fingerprint density at radius 2 is 1.86 bits per heavy atom. The number of thioether (sulfide) groups is 1. The van der Waals surface area contributed by atoms with E-state index in [0.717, 1.165) is 21.2 Å². The zero-order chi connectivity index (χ0) is 25.4. The molecule has 0 unspecified atom stereocenters. The molecule has 0 spiro atoms. The lowest BCUT2D eigenvalue weighted by atomic mass is 10.2. The minimum atomic E-state index is -4.02. The summed E-state index contributed by atoms with van der Waals surface area (Å²) in [5.74, 6) is 1.58. The van der Waals surface area contributed by atoms with Crippen molar-refractivity contribution in [2.75, 3.05) is 30.3 Å². The quantitative estimate of drug-likeness (QED) is 0.289. The molecule has 3 aromatic carbocycles. The molecular weight excluding hydrogens is 572 g/mol. The minimum Gasteiger partial charge on any atom is -0.496 e. The lowest BCUT2D eigenvalue weighted by Gasteiger charge is -2.24. The van der Waals surface area contributed by atoms with E-state index < -0.39 is 10.0 Å². The maximum atomic E-state index is 13.5. The number of halogens is 2. The SMILES string of the molecule is COc1ccc(S(=O)(=O)N(CC(=O)NCCSCc2cccc(Cl)c2)c2ccc(C)cc2)cc1Br. The Morgan fingerprint density at radius 1 is 1.11 bits per heavy atom. The first-order chi connectivity index (χ1) is 16.7. The normalized spacial score (nSPS) is 11.2. The number of sulfonamides is 1. The molecule has 0 bridgehead atoms. The van der Waals surface area contributed by atoms with Crippen molar-refractivity contribution in [2.24, 2.45) is 0 Å². The van der Waals surface area contributed by atoms with Crippen molar-refractivity contribution < 1.29 is 17.9 Å². The van der Waals surface area contributed by atoms with E-state index in [-0.39, 0.29) is 17.3 Å². The lowest BCUT2D eigenvalue weighted by Crippen LogP contribution is -2.41. The first kappa shape index (κ1) is 27.4. The summed E-state index contributed by atoms with van der Waals surface area (Å²) in [6.45, 7) is 1.99. The zero-order valence-electron chi connectivity index (χ0n) is 19.3. The standard InChI is InChI=1S/C25H26BrClN2O4S2/c1-18-6-8-21(9-7-18)29(35(31,32)22-10-11-24(33-2)23(26)15-22)16-25(30)28-12-13-34-17-19-4-3-5-20(27)14-19/h3-11,14-15H,12-13,16-17H2,1-2H3,(H,28,30). The van der Waals surface area contributed by atoms with Gasteiger partial charge in [0.05, 0.1) is 22.2 Å². The van der Waals surface area contributed by atoms with Crippen LogP contribution in [0.15, 0.2) is 76.1 Å². The second kappa shape index (κ2) is 12.7. The monoisotopic (exact) mass is 596 g/mol. The number of nitrogens with zero attached hydrogens (tertiary/aromatic N) is 1. The van der Waals surface area contributed by atoms with E-state index in [1.165, 1.54) is 19.2 Å². The Kier molecular flexibility index (Phi) is 9.91. The number of rotatable bonds is 11. The molecule has 0 saturated carbocycles. The van der Waals surface area contributed by atoms with Crippen molar-refractivity contribution in [1.82, 2.24) is 5.32 Å². The molecule has 1 N–H and O–H groups in total. The summed E-state index contributed by atoms with van der Waals surface area (Å²) >= 11 is 11.0. The number of benzene rings is 3. The molecular formula is C25H26BrClN2O4S2. The fourth-order valence-electron chi connectivity index (χ4n) is 3.23. The van der Waals surface area contributed by atoms with Crippen LogP contribution >= 0.6 is 39.3 Å². The molecule has 0 atom stereocenters. The number of carbonyl (C=O) groups excluding carboxylic acids is 1. The van der Waals surface area contributed by atoms with Crippen LogP contribution in [0.5, 0.6) is 5.75 Å². The van der Waals surface area contributed by atoms with Gasteiger partial charge in [-0.25, -0.2) is 8.42 Å². The minimum absolute atomic E-state index is 0.0515. The average Bonchev–Trinajstić information content (AvgIpc) is 2.83. The van der Waals surface area contributed by atoms with Gasteiger partial charge >= 0.3 is 0 Å². The third-order valence-electron chi connectivity index (χ3n) is 5.05. The van der Waals surface area contributed by atoms with Crippen molar-refractivity contribution in [2.45, 2.75) is 17.6 Å². The molecule has 186 valence electrons. The maximum absolute atomic E-state index is 13.5. The number of hydrogen-bond donors (Lipinski definition) is 1. The highest BCUT2D eigenvalue weighted by Crippen LogP contribution is 2.30. The number of carbonyl (C=O) groups is 1. The van der Waals surface area contributed by atoms with E-state index in [2.05, 4.69) is 21.2 Å². The van der Waals surface area contributed by atoms with Gasteiger partial charge in [-0.15, -0.1) is 0 Å². The molecule has 3 aromatic rings. The molecule has 0 heterocycles. The number of aryl methyl sites for hydroxylation is 1. The van der Waals surface area contributed by atoms with Crippen LogP contribution in [0, 0.1) is 6.92 Å². The van der Waals surface area contributed by atoms with E-state index in [4.69, 9.17) is 16.3 Å². The summed E-state index contributed by atoms with van der Waals surface area (Å²) in [6, 6.07) is 19.2. The van der Waals surface area contributed by atoms with Crippen LogP contribution in [0.25, 0.3) is 0 Å². The number of ether oxygens (including phenoxy) is 1. The van der Waals surface area contributed by atoms with Crippen LogP contribution in [0.1, 0.15) is 11.1 Å². The number of nitrogens with one attached hydrogen (secondary N) is 1. The molecule has 0 radical (unpaired) electrons. The van der Waals surface area contributed by atoms with Gasteiger partial charge in [-0.2, -0.15) is 11.8 Å². The van der Waals surface area contributed by atoms with Crippen LogP contribution < -0.4 is 14.4 Å². The van der Waals surface area contributed by atoms with Crippen LogP contribution in [-0.2, 0) is 20.6 Å². The summed E-state index contributed by atoms with van der Waals surface area (Å²) in [5, 5.41) is 3.52. The van der Waals surface area contributed by atoms with E-state index in [1.54, 1.807) is 30.0 Å². The topological polar surface area (TPSA) is 75.7 Å².